The number of hydrogen-bond donors (Lipinski definition) is 1. The van der Waals surface area contributed by atoms with E-state index in [1.54, 1.807) is 4.90 Å². The van der Waals surface area contributed by atoms with Gasteiger partial charge in [0, 0.05) is 19.5 Å². The molecule has 0 aromatic carbocycles. The fourth-order valence-corrected chi connectivity index (χ4v) is 1.72. The number of nitrogens with two attached hydrogens (primary N) is 1. The molecule has 0 aliphatic carbocycles. The number of pyridine rings is 1. The number of carbonyl (C=O) groups excluding carboxylic acids is 1. The Morgan fingerprint density at radius 1 is 1.53 bits per heavy atom. The molecule has 1 heterocycles. The van der Waals surface area contributed by atoms with Crippen molar-refractivity contribution in [2.24, 2.45) is 11.7 Å². The molecule has 1 amide bonds. The van der Waals surface area contributed by atoms with Crippen molar-refractivity contribution in [1.82, 2.24) is 9.88 Å². The third kappa shape index (κ3) is 5.30. The molecule has 0 spiro atoms. The fraction of sp³-hybridized carbons (Fsp3) is 0.462. The molecule has 0 aliphatic rings. The molecule has 1 rings (SSSR count). The molecule has 2 N–H and O–H groups in total. The smallest absolute Gasteiger partial charge is 0.272 e. The Bertz CT molecular complexity index is 448. The maximum absolute atomic E-state index is 12.8. The molecule has 0 bridgehead atoms. The SMILES string of the molecule is CC(C)CN(CCC(N)=S)C(=O)c1ccc(F)cn1. The molecular formula is C13H18FN3OS. The van der Waals surface area contributed by atoms with E-state index >= 15 is 0 Å². The van der Waals surface area contributed by atoms with E-state index in [2.05, 4.69) is 4.98 Å². The highest BCUT2D eigenvalue weighted by Crippen LogP contribution is 2.07. The molecule has 0 saturated heterocycles. The summed E-state index contributed by atoms with van der Waals surface area (Å²) in [5.41, 5.74) is 5.69. The zero-order valence-corrected chi connectivity index (χ0v) is 11.9. The minimum atomic E-state index is -0.463. The summed E-state index contributed by atoms with van der Waals surface area (Å²) in [5, 5.41) is 0. The summed E-state index contributed by atoms with van der Waals surface area (Å²) in [6.07, 6.45) is 1.50. The zero-order valence-electron chi connectivity index (χ0n) is 11.1. The molecule has 4 nitrogen and oxygen atoms in total. The van der Waals surface area contributed by atoms with Crippen LogP contribution in [0.3, 0.4) is 0 Å². The number of carbonyl (C=O) groups is 1. The van der Waals surface area contributed by atoms with Crippen LogP contribution in [0, 0.1) is 11.7 Å². The van der Waals surface area contributed by atoms with Gasteiger partial charge in [0.25, 0.3) is 5.91 Å². The third-order valence-corrected chi connectivity index (χ3v) is 2.65. The van der Waals surface area contributed by atoms with Gasteiger partial charge in [0.05, 0.1) is 11.2 Å². The van der Waals surface area contributed by atoms with Crippen LogP contribution < -0.4 is 5.73 Å². The van der Waals surface area contributed by atoms with Gasteiger partial charge in [-0.05, 0) is 18.1 Å². The van der Waals surface area contributed by atoms with Gasteiger partial charge in [-0.3, -0.25) is 4.79 Å². The molecule has 0 atom stereocenters. The van der Waals surface area contributed by atoms with Crippen molar-refractivity contribution in [1.29, 1.82) is 0 Å². The Morgan fingerprint density at radius 2 is 2.21 bits per heavy atom. The number of aromatic nitrogens is 1. The summed E-state index contributed by atoms with van der Waals surface area (Å²) in [4.78, 5) is 18.1. The highest BCUT2D eigenvalue weighted by Gasteiger charge is 2.18. The van der Waals surface area contributed by atoms with Gasteiger partial charge in [0.2, 0.25) is 0 Å². The number of thiocarbonyl (C=S) groups is 1. The number of amides is 1. The Morgan fingerprint density at radius 3 is 2.68 bits per heavy atom. The lowest BCUT2D eigenvalue weighted by Crippen LogP contribution is -2.37. The van der Waals surface area contributed by atoms with Crippen LogP contribution in [-0.4, -0.2) is 33.9 Å². The van der Waals surface area contributed by atoms with Crippen LogP contribution in [0.25, 0.3) is 0 Å². The molecule has 0 fully saturated rings. The van der Waals surface area contributed by atoms with Gasteiger partial charge in [-0.25, -0.2) is 9.37 Å². The van der Waals surface area contributed by atoms with Crippen molar-refractivity contribution in [2.45, 2.75) is 20.3 Å². The summed E-state index contributed by atoms with van der Waals surface area (Å²) in [7, 11) is 0. The molecule has 1 aromatic heterocycles. The summed E-state index contributed by atoms with van der Waals surface area (Å²) < 4.78 is 12.8. The van der Waals surface area contributed by atoms with Crippen molar-refractivity contribution < 1.29 is 9.18 Å². The number of halogens is 1. The van der Waals surface area contributed by atoms with E-state index in [4.69, 9.17) is 18.0 Å². The van der Waals surface area contributed by atoms with Crippen molar-refractivity contribution >= 4 is 23.1 Å². The summed E-state index contributed by atoms with van der Waals surface area (Å²) in [6.45, 7) is 5.06. The summed E-state index contributed by atoms with van der Waals surface area (Å²) in [6, 6.07) is 2.60. The molecule has 0 unspecified atom stereocenters. The number of nitrogens with zero attached hydrogens (tertiary/aromatic N) is 2. The topological polar surface area (TPSA) is 59.2 Å². The van der Waals surface area contributed by atoms with Gasteiger partial charge >= 0.3 is 0 Å². The van der Waals surface area contributed by atoms with Crippen LogP contribution in [0.1, 0.15) is 30.8 Å². The van der Waals surface area contributed by atoms with Crippen LogP contribution in [0.15, 0.2) is 18.3 Å². The first-order valence-corrected chi connectivity index (χ1v) is 6.50. The van der Waals surface area contributed by atoms with Crippen molar-refractivity contribution in [2.75, 3.05) is 13.1 Å². The van der Waals surface area contributed by atoms with Crippen molar-refractivity contribution in [3.8, 4) is 0 Å². The second-order valence-electron chi connectivity index (χ2n) is 4.72. The van der Waals surface area contributed by atoms with Crippen LogP contribution in [0.2, 0.25) is 0 Å². The molecular weight excluding hydrogens is 265 g/mol. The normalized spacial score (nSPS) is 10.5. The second-order valence-corrected chi connectivity index (χ2v) is 5.25. The average Bonchev–Trinajstić information content (AvgIpc) is 2.34. The van der Waals surface area contributed by atoms with Crippen LogP contribution >= 0.6 is 12.2 Å². The van der Waals surface area contributed by atoms with E-state index in [-0.39, 0.29) is 11.6 Å². The Balaban J connectivity index is 2.80. The quantitative estimate of drug-likeness (QED) is 0.811. The highest BCUT2D eigenvalue weighted by atomic mass is 32.1. The molecule has 6 heteroatoms. The third-order valence-electron chi connectivity index (χ3n) is 2.45. The first-order chi connectivity index (χ1) is 8.90. The predicted molar refractivity (Wildman–Crippen MR) is 76.3 cm³/mol. The fourth-order valence-electron chi connectivity index (χ4n) is 1.63. The maximum Gasteiger partial charge on any atom is 0.272 e. The molecule has 0 radical (unpaired) electrons. The van der Waals surface area contributed by atoms with Gasteiger partial charge in [-0.2, -0.15) is 0 Å². The van der Waals surface area contributed by atoms with Gasteiger partial charge in [-0.15, -0.1) is 0 Å². The predicted octanol–water partition coefficient (Wildman–Crippen LogP) is 2.00. The standard InChI is InChI=1S/C13H18FN3OS/c1-9(2)8-17(6-5-12(15)19)13(18)11-4-3-10(14)7-16-11/h3-4,7,9H,5-6,8H2,1-2H3,(H2,15,19). The molecule has 0 aliphatic heterocycles. The lowest BCUT2D eigenvalue weighted by atomic mass is 10.2. The molecule has 0 saturated carbocycles. The second kappa shape index (κ2) is 7.13. The minimum Gasteiger partial charge on any atom is -0.393 e. The molecule has 19 heavy (non-hydrogen) atoms. The first-order valence-electron chi connectivity index (χ1n) is 6.09. The van der Waals surface area contributed by atoms with Crippen LogP contribution in [0.4, 0.5) is 4.39 Å². The van der Waals surface area contributed by atoms with Crippen molar-refractivity contribution in [3.05, 3.63) is 29.8 Å². The van der Waals surface area contributed by atoms with E-state index in [9.17, 15) is 9.18 Å². The summed E-state index contributed by atoms with van der Waals surface area (Å²) in [5.74, 6) is -0.379. The average molecular weight is 283 g/mol. The number of rotatable bonds is 6. The van der Waals surface area contributed by atoms with E-state index in [1.165, 1.54) is 12.1 Å². The molecule has 104 valence electrons. The number of hydrogen-bond acceptors (Lipinski definition) is 3. The minimum absolute atomic E-state index is 0.227. The summed E-state index contributed by atoms with van der Waals surface area (Å²) >= 11 is 4.82. The maximum atomic E-state index is 12.8. The van der Waals surface area contributed by atoms with Crippen molar-refractivity contribution in [3.63, 3.8) is 0 Å². The Labute approximate surface area is 117 Å². The molecule has 1 aromatic rings. The highest BCUT2D eigenvalue weighted by molar-refractivity contribution is 7.80. The van der Waals surface area contributed by atoms with E-state index in [0.29, 0.717) is 30.4 Å². The van der Waals surface area contributed by atoms with Gasteiger partial charge in [-0.1, -0.05) is 26.1 Å². The van der Waals surface area contributed by atoms with Crippen LogP contribution in [0.5, 0.6) is 0 Å². The van der Waals surface area contributed by atoms with Crippen LogP contribution in [-0.2, 0) is 0 Å². The lowest BCUT2D eigenvalue weighted by molar-refractivity contribution is 0.0735. The van der Waals surface area contributed by atoms with E-state index < -0.39 is 5.82 Å². The van der Waals surface area contributed by atoms with E-state index in [0.717, 1.165) is 6.20 Å². The lowest BCUT2D eigenvalue weighted by Gasteiger charge is -2.24. The Kier molecular flexibility index (Phi) is 5.82. The monoisotopic (exact) mass is 283 g/mol. The van der Waals surface area contributed by atoms with E-state index in [1.807, 2.05) is 13.8 Å². The van der Waals surface area contributed by atoms with Gasteiger partial charge in [0.15, 0.2) is 0 Å². The largest absolute Gasteiger partial charge is 0.393 e. The van der Waals surface area contributed by atoms with Gasteiger partial charge in [0.1, 0.15) is 11.5 Å². The van der Waals surface area contributed by atoms with Gasteiger partial charge < -0.3 is 10.6 Å². The Hall–Kier alpha value is -1.56. The first kappa shape index (κ1) is 15.5. The zero-order chi connectivity index (χ0) is 14.4.